The lowest BCUT2D eigenvalue weighted by molar-refractivity contribution is 0.388. The third kappa shape index (κ3) is 2.81. The van der Waals surface area contributed by atoms with Crippen molar-refractivity contribution >= 4 is 17.3 Å². The van der Waals surface area contributed by atoms with Crippen molar-refractivity contribution in [3.8, 4) is 0 Å². The molecular weight excluding hydrogens is 240 g/mol. The van der Waals surface area contributed by atoms with E-state index in [1.54, 1.807) is 0 Å². The van der Waals surface area contributed by atoms with E-state index in [1.807, 2.05) is 35.3 Å². The molecule has 1 fully saturated rings. The number of rotatable bonds is 5. The molecule has 5 heteroatoms. The molecule has 1 aliphatic carbocycles. The van der Waals surface area contributed by atoms with Gasteiger partial charge in [0.05, 0.1) is 13.1 Å². The molecule has 3 rings (SSSR count). The lowest BCUT2D eigenvalue weighted by Gasteiger charge is -2.10. The molecule has 19 heavy (non-hydrogen) atoms. The van der Waals surface area contributed by atoms with Gasteiger partial charge >= 0.3 is 0 Å². The number of nitrogens with one attached hydrogen (secondary N) is 1. The minimum Gasteiger partial charge on any atom is -0.307 e. The van der Waals surface area contributed by atoms with Gasteiger partial charge in [0.25, 0.3) is 0 Å². The van der Waals surface area contributed by atoms with Crippen molar-refractivity contribution in [2.75, 3.05) is 6.54 Å². The number of carbonyl (C=O) groups excluding carboxylic acids is 1. The van der Waals surface area contributed by atoms with E-state index in [9.17, 15) is 4.79 Å². The number of benzene rings is 1. The molecule has 0 saturated heterocycles. The van der Waals surface area contributed by atoms with Crippen molar-refractivity contribution < 1.29 is 4.79 Å². The summed E-state index contributed by atoms with van der Waals surface area (Å²) in [7, 11) is 0. The van der Waals surface area contributed by atoms with Crippen molar-refractivity contribution in [1.29, 1.82) is 0 Å². The molecule has 0 spiro atoms. The van der Waals surface area contributed by atoms with Crippen LogP contribution >= 0.6 is 0 Å². The number of fused-ring (bicyclic) bond motifs is 1. The fourth-order valence-corrected chi connectivity index (χ4v) is 2.83. The Kier molecular flexibility index (Phi) is 3.55. The third-order valence-electron chi connectivity index (χ3n) is 3.75. The molecule has 1 heterocycles. The first-order valence-electron chi connectivity index (χ1n) is 6.73. The highest BCUT2D eigenvalue weighted by Gasteiger charge is 2.25. The Morgan fingerprint density at radius 2 is 2.00 bits per heavy atom. The Labute approximate surface area is 112 Å². The lowest BCUT2D eigenvalue weighted by atomic mass is 10.1. The maximum absolute atomic E-state index is 10.2. The second-order valence-electron chi connectivity index (χ2n) is 5.14. The SMILES string of the molecule is O=[C]CN[C@@H]1CC[C@H](Cn2nc3ccccc3n2)C1. The summed E-state index contributed by atoms with van der Waals surface area (Å²) in [5, 5.41) is 12.2. The summed E-state index contributed by atoms with van der Waals surface area (Å²) in [4.78, 5) is 12.0. The largest absolute Gasteiger partial charge is 0.307 e. The first kappa shape index (κ1) is 12.3. The summed E-state index contributed by atoms with van der Waals surface area (Å²) in [5.41, 5.74) is 1.90. The standard InChI is InChI=1S/C14H17N4O/c19-8-7-15-12-6-5-11(9-12)10-18-16-13-3-1-2-4-14(13)17-18/h1-4,11-12,15H,5-7,9-10H2/t11-,12+/m0/s1. The topological polar surface area (TPSA) is 59.8 Å². The van der Waals surface area contributed by atoms with Crippen molar-refractivity contribution in [3.05, 3.63) is 24.3 Å². The van der Waals surface area contributed by atoms with Crippen LogP contribution in [0.1, 0.15) is 19.3 Å². The van der Waals surface area contributed by atoms with Gasteiger partial charge in [0.1, 0.15) is 11.0 Å². The van der Waals surface area contributed by atoms with Crippen molar-refractivity contribution in [2.45, 2.75) is 31.8 Å². The van der Waals surface area contributed by atoms with E-state index in [4.69, 9.17) is 0 Å². The molecule has 2 atom stereocenters. The minimum atomic E-state index is 0.335. The summed E-state index contributed by atoms with van der Waals surface area (Å²) in [6.45, 7) is 1.19. The number of nitrogens with zero attached hydrogens (tertiary/aromatic N) is 3. The molecule has 99 valence electrons. The average Bonchev–Trinajstić information content (AvgIpc) is 3.02. The first-order chi connectivity index (χ1) is 9.35. The van der Waals surface area contributed by atoms with Gasteiger partial charge in [-0.2, -0.15) is 15.0 Å². The van der Waals surface area contributed by atoms with Crippen molar-refractivity contribution in [1.82, 2.24) is 20.3 Å². The van der Waals surface area contributed by atoms with E-state index in [-0.39, 0.29) is 0 Å². The summed E-state index contributed by atoms with van der Waals surface area (Å²) in [6, 6.07) is 8.37. The minimum absolute atomic E-state index is 0.335. The number of hydrogen-bond donors (Lipinski definition) is 1. The quantitative estimate of drug-likeness (QED) is 0.877. The van der Waals surface area contributed by atoms with Gasteiger partial charge in [-0.05, 0) is 37.3 Å². The van der Waals surface area contributed by atoms with Crippen molar-refractivity contribution in [3.63, 3.8) is 0 Å². The zero-order valence-corrected chi connectivity index (χ0v) is 10.7. The van der Waals surface area contributed by atoms with E-state index in [0.29, 0.717) is 18.5 Å². The zero-order chi connectivity index (χ0) is 13.1. The van der Waals surface area contributed by atoms with Gasteiger partial charge < -0.3 is 5.32 Å². The van der Waals surface area contributed by atoms with Crippen LogP contribution in [0, 0.1) is 5.92 Å². The first-order valence-corrected chi connectivity index (χ1v) is 6.73. The van der Waals surface area contributed by atoms with Gasteiger partial charge in [-0.15, -0.1) is 0 Å². The summed E-state index contributed by atoms with van der Waals surface area (Å²) in [6.07, 6.45) is 5.25. The van der Waals surface area contributed by atoms with Crippen LogP contribution in [0.25, 0.3) is 11.0 Å². The van der Waals surface area contributed by atoms with Crippen LogP contribution in [0.15, 0.2) is 24.3 Å². The molecule has 5 nitrogen and oxygen atoms in total. The van der Waals surface area contributed by atoms with E-state index >= 15 is 0 Å². The Bertz CT molecular complexity index is 532. The highest BCUT2D eigenvalue weighted by atomic mass is 16.1. The molecule has 1 aromatic heterocycles. The van der Waals surface area contributed by atoms with E-state index in [2.05, 4.69) is 15.5 Å². The van der Waals surface area contributed by atoms with Crippen LogP contribution in [-0.2, 0) is 11.3 Å². The molecule has 1 aromatic carbocycles. The van der Waals surface area contributed by atoms with Gasteiger partial charge in [0, 0.05) is 6.04 Å². The zero-order valence-electron chi connectivity index (χ0n) is 10.7. The van der Waals surface area contributed by atoms with Gasteiger partial charge in [-0.1, -0.05) is 12.1 Å². The molecule has 0 unspecified atom stereocenters. The molecule has 1 saturated carbocycles. The molecular formula is C14H17N4O. The Hall–Kier alpha value is -1.75. The van der Waals surface area contributed by atoms with Gasteiger partial charge in [-0.3, -0.25) is 4.79 Å². The predicted molar refractivity (Wildman–Crippen MR) is 72.4 cm³/mol. The summed E-state index contributed by atoms with van der Waals surface area (Å²) >= 11 is 0. The smallest absolute Gasteiger partial charge is 0.213 e. The maximum Gasteiger partial charge on any atom is 0.213 e. The third-order valence-corrected chi connectivity index (χ3v) is 3.75. The highest BCUT2D eigenvalue weighted by Crippen LogP contribution is 2.26. The van der Waals surface area contributed by atoms with Crippen molar-refractivity contribution in [2.24, 2.45) is 5.92 Å². The van der Waals surface area contributed by atoms with E-state index in [0.717, 1.165) is 36.8 Å². The van der Waals surface area contributed by atoms with Crippen LogP contribution in [0.3, 0.4) is 0 Å². The van der Waals surface area contributed by atoms with E-state index < -0.39 is 0 Å². The molecule has 0 amide bonds. The second kappa shape index (κ2) is 5.48. The van der Waals surface area contributed by atoms with Crippen LogP contribution < -0.4 is 5.32 Å². The summed E-state index contributed by atoms with van der Waals surface area (Å²) in [5.74, 6) is 0.589. The summed E-state index contributed by atoms with van der Waals surface area (Å²) < 4.78 is 0. The van der Waals surface area contributed by atoms with Gasteiger partial charge in [0.15, 0.2) is 0 Å². The van der Waals surface area contributed by atoms with Crippen LogP contribution in [-0.4, -0.2) is 33.9 Å². The fraction of sp³-hybridized carbons (Fsp3) is 0.500. The number of hydrogen-bond acceptors (Lipinski definition) is 4. The molecule has 0 aliphatic heterocycles. The average molecular weight is 257 g/mol. The molecule has 1 radical (unpaired) electrons. The fourth-order valence-electron chi connectivity index (χ4n) is 2.83. The molecule has 2 aromatic rings. The maximum atomic E-state index is 10.2. The predicted octanol–water partition coefficient (Wildman–Crippen LogP) is 1.30. The Balaban J connectivity index is 1.61. The monoisotopic (exact) mass is 257 g/mol. The van der Waals surface area contributed by atoms with Gasteiger partial charge in [-0.25, -0.2) is 0 Å². The van der Waals surface area contributed by atoms with Gasteiger partial charge in [0.2, 0.25) is 6.29 Å². The van der Waals surface area contributed by atoms with Crippen LogP contribution in [0.5, 0.6) is 0 Å². The van der Waals surface area contributed by atoms with Crippen LogP contribution in [0.2, 0.25) is 0 Å². The highest BCUT2D eigenvalue weighted by molar-refractivity contribution is 5.72. The van der Waals surface area contributed by atoms with E-state index in [1.165, 1.54) is 0 Å². The molecule has 1 N–H and O–H groups in total. The Morgan fingerprint density at radius 1 is 1.26 bits per heavy atom. The van der Waals surface area contributed by atoms with Crippen LogP contribution in [0.4, 0.5) is 0 Å². The molecule has 0 bridgehead atoms. The lowest BCUT2D eigenvalue weighted by Crippen LogP contribution is -2.28. The molecule has 1 aliphatic rings. The Morgan fingerprint density at radius 3 is 2.68 bits per heavy atom. The number of aromatic nitrogens is 3. The normalized spacial score (nSPS) is 22.9. The second-order valence-corrected chi connectivity index (χ2v) is 5.14.